The third kappa shape index (κ3) is 4.63. The normalized spacial score (nSPS) is 10.6. The predicted octanol–water partition coefficient (Wildman–Crippen LogP) is 1.31. The van der Waals surface area contributed by atoms with Crippen molar-refractivity contribution in [2.75, 3.05) is 27.2 Å². The molecule has 4 nitrogen and oxygen atoms in total. The molecule has 17 heavy (non-hydrogen) atoms. The van der Waals surface area contributed by atoms with Gasteiger partial charge >= 0.3 is 0 Å². The van der Waals surface area contributed by atoms with Crippen LogP contribution in [0, 0.1) is 0 Å². The molecule has 0 spiro atoms. The van der Waals surface area contributed by atoms with Crippen molar-refractivity contribution in [3.8, 4) is 5.75 Å². The number of carbonyl (C=O) groups excluding carboxylic acids is 1. The molecule has 1 rings (SSSR count). The second-order valence-electron chi connectivity index (χ2n) is 3.91. The maximum atomic E-state index is 10.7. The molecule has 1 aromatic rings. The second kappa shape index (κ2) is 6.47. The van der Waals surface area contributed by atoms with Crippen molar-refractivity contribution in [2.24, 2.45) is 5.73 Å². The van der Waals surface area contributed by atoms with E-state index in [-0.39, 0.29) is 12.5 Å². The lowest BCUT2D eigenvalue weighted by atomic mass is 10.1. The van der Waals surface area contributed by atoms with Gasteiger partial charge in [0, 0.05) is 11.6 Å². The number of amides is 1. The molecule has 0 aliphatic carbocycles. The second-order valence-corrected chi connectivity index (χ2v) is 4.35. The number of rotatable bonds is 6. The summed E-state index contributed by atoms with van der Waals surface area (Å²) in [5.74, 6) is 0.479. The van der Waals surface area contributed by atoms with Crippen LogP contribution in [0.2, 0.25) is 5.02 Å². The SMILES string of the molecule is COc1ccc(Cl)cc1CCN(C)CC(N)=O. The molecule has 1 aromatic carbocycles. The van der Waals surface area contributed by atoms with Crippen molar-refractivity contribution in [3.63, 3.8) is 0 Å². The zero-order valence-corrected chi connectivity index (χ0v) is 10.8. The summed E-state index contributed by atoms with van der Waals surface area (Å²) in [5.41, 5.74) is 6.14. The van der Waals surface area contributed by atoms with E-state index in [1.54, 1.807) is 13.2 Å². The van der Waals surface area contributed by atoms with Gasteiger partial charge < -0.3 is 10.5 Å². The van der Waals surface area contributed by atoms with Crippen molar-refractivity contribution in [1.82, 2.24) is 4.90 Å². The van der Waals surface area contributed by atoms with Gasteiger partial charge in [-0.15, -0.1) is 0 Å². The number of carbonyl (C=O) groups is 1. The first-order valence-corrected chi connectivity index (χ1v) is 5.70. The van der Waals surface area contributed by atoms with Gasteiger partial charge in [-0.1, -0.05) is 11.6 Å². The highest BCUT2D eigenvalue weighted by Gasteiger charge is 2.07. The quantitative estimate of drug-likeness (QED) is 0.835. The summed E-state index contributed by atoms with van der Waals surface area (Å²) in [6.07, 6.45) is 0.757. The number of hydrogen-bond acceptors (Lipinski definition) is 3. The number of nitrogens with zero attached hydrogens (tertiary/aromatic N) is 1. The molecule has 94 valence electrons. The lowest BCUT2D eigenvalue weighted by Gasteiger charge is -2.15. The monoisotopic (exact) mass is 256 g/mol. The number of nitrogens with two attached hydrogens (primary N) is 1. The van der Waals surface area contributed by atoms with Gasteiger partial charge in [0.15, 0.2) is 0 Å². The Morgan fingerprint density at radius 3 is 2.82 bits per heavy atom. The van der Waals surface area contributed by atoms with Gasteiger partial charge in [-0.3, -0.25) is 9.69 Å². The van der Waals surface area contributed by atoms with Crippen LogP contribution in [0.25, 0.3) is 0 Å². The summed E-state index contributed by atoms with van der Waals surface area (Å²) < 4.78 is 5.24. The molecule has 0 aromatic heterocycles. The lowest BCUT2D eigenvalue weighted by Crippen LogP contribution is -2.32. The highest BCUT2D eigenvalue weighted by atomic mass is 35.5. The Labute approximate surface area is 106 Å². The highest BCUT2D eigenvalue weighted by molar-refractivity contribution is 6.30. The minimum Gasteiger partial charge on any atom is -0.496 e. The minimum atomic E-state index is -0.328. The van der Waals surface area contributed by atoms with Gasteiger partial charge in [0.1, 0.15) is 5.75 Å². The molecule has 0 saturated carbocycles. The summed E-state index contributed by atoms with van der Waals surface area (Å²) in [5, 5.41) is 0.679. The zero-order valence-electron chi connectivity index (χ0n) is 10.1. The van der Waals surface area contributed by atoms with Gasteiger partial charge in [0.05, 0.1) is 13.7 Å². The standard InChI is InChI=1S/C12H17ClN2O2/c1-15(8-12(14)16)6-5-9-7-10(13)3-4-11(9)17-2/h3-4,7H,5-6,8H2,1-2H3,(H2,14,16). The summed E-state index contributed by atoms with van der Waals surface area (Å²) >= 11 is 5.93. The molecule has 0 heterocycles. The molecule has 5 heteroatoms. The van der Waals surface area contributed by atoms with Gasteiger partial charge in [0.2, 0.25) is 5.91 Å². The summed E-state index contributed by atoms with van der Waals surface area (Å²) in [6, 6.07) is 5.50. The fraction of sp³-hybridized carbons (Fsp3) is 0.417. The fourth-order valence-corrected chi connectivity index (χ4v) is 1.79. The smallest absolute Gasteiger partial charge is 0.231 e. The Kier molecular flexibility index (Phi) is 5.25. The zero-order chi connectivity index (χ0) is 12.8. The Bertz CT molecular complexity index is 396. The molecule has 0 unspecified atom stereocenters. The van der Waals surface area contributed by atoms with E-state index in [1.807, 2.05) is 24.1 Å². The van der Waals surface area contributed by atoms with Crippen LogP contribution >= 0.6 is 11.6 Å². The van der Waals surface area contributed by atoms with E-state index < -0.39 is 0 Å². The van der Waals surface area contributed by atoms with Crippen LogP contribution < -0.4 is 10.5 Å². The van der Waals surface area contributed by atoms with Crippen molar-refractivity contribution >= 4 is 17.5 Å². The Hall–Kier alpha value is -1.26. The molecule has 0 fully saturated rings. The first-order valence-electron chi connectivity index (χ1n) is 5.32. The lowest BCUT2D eigenvalue weighted by molar-refractivity contribution is -0.118. The van der Waals surface area contributed by atoms with Gasteiger partial charge in [-0.05, 0) is 37.2 Å². The van der Waals surface area contributed by atoms with Crippen molar-refractivity contribution in [1.29, 1.82) is 0 Å². The number of halogens is 1. The third-order valence-electron chi connectivity index (χ3n) is 2.43. The molecular weight excluding hydrogens is 240 g/mol. The van der Waals surface area contributed by atoms with Crippen LogP contribution in [0.4, 0.5) is 0 Å². The van der Waals surface area contributed by atoms with E-state index in [4.69, 9.17) is 22.1 Å². The van der Waals surface area contributed by atoms with Crippen molar-refractivity contribution < 1.29 is 9.53 Å². The predicted molar refractivity (Wildman–Crippen MR) is 68.4 cm³/mol. The number of likely N-dealkylation sites (N-methyl/N-ethyl adjacent to an activating group) is 1. The molecule has 0 bridgehead atoms. The van der Waals surface area contributed by atoms with Crippen molar-refractivity contribution in [3.05, 3.63) is 28.8 Å². The van der Waals surface area contributed by atoms with E-state index in [0.717, 1.165) is 24.3 Å². The van der Waals surface area contributed by atoms with Crippen LogP contribution in [0.3, 0.4) is 0 Å². The van der Waals surface area contributed by atoms with Crippen LogP contribution in [0.1, 0.15) is 5.56 Å². The van der Waals surface area contributed by atoms with E-state index in [1.165, 1.54) is 0 Å². The Morgan fingerprint density at radius 1 is 1.53 bits per heavy atom. The minimum absolute atomic E-state index is 0.253. The molecule has 1 amide bonds. The maximum absolute atomic E-state index is 10.7. The number of primary amides is 1. The molecule has 0 atom stereocenters. The van der Waals surface area contributed by atoms with E-state index in [0.29, 0.717) is 5.02 Å². The van der Waals surface area contributed by atoms with Gasteiger partial charge in [-0.25, -0.2) is 0 Å². The maximum Gasteiger partial charge on any atom is 0.231 e. The number of ether oxygens (including phenoxy) is 1. The summed E-state index contributed by atoms with van der Waals surface area (Å²) in [6.45, 7) is 0.975. The molecule has 0 saturated heterocycles. The largest absolute Gasteiger partial charge is 0.496 e. The van der Waals surface area contributed by atoms with E-state index >= 15 is 0 Å². The van der Waals surface area contributed by atoms with Crippen LogP contribution in [0.5, 0.6) is 5.75 Å². The van der Waals surface area contributed by atoms with Crippen LogP contribution in [-0.4, -0.2) is 38.1 Å². The average molecular weight is 257 g/mol. The highest BCUT2D eigenvalue weighted by Crippen LogP contribution is 2.23. The molecule has 0 aliphatic heterocycles. The average Bonchev–Trinajstić information content (AvgIpc) is 2.25. The summed E-state index contributed by atoms with van der Waals surface area (Å²) in [7, 11) is 3.47. The number of methoxy groups -OCH3 is 1. The molecule has 0 aliphatic rings. The first-order chi connectivity index (χ1) is 8.02. The van der Waals surface area contributed by atoms with Crippen molar-refractivity contribution in [2.45, 2.75) is 6.42 Å². The molecule has 2 N–H and O–H groups in total. The molecular formula is C12H17ClN2O2. The van der Waals surface area contributed by atoms with E-state index in [9.17, 15) is 4.79 Å². The van der Waals surface area contributed by atoms with Crippen LogP contribution in [0.15, 0.2) is 18.2 Å². The topological polar surface area (TPSA) is 55.6 Å². The Balaban J connectivity index is 2.61. The van der Waals surface area contributed by atoms with E-state index in [2.05, 4.69) is 0 Å². The van der Waals surface area contributed by atoms with Gasteiger partial charge in [0.25, 0.3) is 0 Å². The Morgan fingerprint density at radius 2 is 2.24 bits per heavy atom. The number of hydrogen-bond donors (Lipinski definition) is 1. The first kappa shape index (κ1) is 13.8. The number of benzene rings is 1. The summed E-state index contributed by atoms with van der Waals surface area (Å²) in [4.78, 5) is 12.6. The van der Waals surface area contributed by atoms with Crippen LogP contribution in [-0.2, 0) is 11.2 Å². The fourth-order valence-electron chi connectivity index (χ4n) is 1.60. The van der Waals surface area contributed by atoms with Gasteiger partial charge in [-0.2, -0.15) is 0 Å². The molecule has 0 radical (unpaired) electrons. The third-order valence-corrected chi connectivity index (χ3v) is 2.67.